The quantitative estimate of drug-likeness (QED) is 0.792. The summed E-state index contributed by atoms with van der Waals surface area (Å²) in [5, 5.41) is 3.79. The van der Waals surface area contributed by atoms with E-state index in [1.807, 2.05) is 62.4 Å². The molecule has 0 spiro atoms. The molecule has 23 heavy (non-hydrogen) atoms. The van der Waals surface area contributed by atoms with Gasteiger partial charge >= 0.3 is 0 Å². The molecule has 1 heterocycles. The maximum Gasteiger partial charge on any atom is 0.256 e. The number of carbonyl (C=O) groups excluding carboxylic acids is 1. The SMILES string of the molecule is COc1ccc(NC(=O)c2cc(C)nc3ccc(C)cc23)cc1. The van der Waals surface area contributed by atoms with Crippen molar-refractivity contribution < 1.29 is 9.53 Å². The van der Waals surface area contributed by atoms with Crippen molar-refractivity contribution in [1.82, 2.24) is 4.98 Å². The second kappa shape index (κ2) is 6.08. The maximum atomic E-state index is 12.7. The zero-order chi connectivity index (χ0) is 16.4. The lowest BCUT2D eigenvalue weighted by Gasteiger charge is -2.10. The van der Waals surface area contributed by atoms with Crippen molar-refractivity contribution >= 4 is 22.5 Å². The molecule has 0 saturated carbocycles. The number of anilines is 1. The minimum Gasteiger partial charge on any atom is -0.497 e. The number of rotatable bonds is 3. The van der Waals surface area contributed by atoms with Crippen LogP contribution in [0, 0.1) is 13.8 Å². The molecule has 0 aliphatic rings. The Hall–Kier alpha value is -2.88. The molecule has 0 unspecified atom stereocenters. The second-order valence-electron chi connectivity index (χ2n) is 5.51. The molecule has 0 aliphatic carbocycles. The summed E-state index contributed by atoms with van der Waals surface area (Å²) in [5.74, 6) is 0.611. The van der Waals surface area contributed by atoms with E-state index in [4.69, 9.17) is 4.74 Å². The van der Waals surface area contributed by atoms with Crippen molar-refractivity contribution in [3.8, 4) is 5.75 Å². The van der Waals surface area contributed by atoms with Gasteiger partial charge in [0.2, 0.25) is 0 Å². The van der Waals surface area contributed by atoms with E-state index in [2.05, 4.69) is 10.3 Å². The maximum absolute atomic E-state index is 12.7. The zero-order valence-electron chi connectivity index (χ0n) is 13.4. The first-order valence-electron chi connectivity index (χ1n) is 7.40. The topological polar surface area (TPSA) is 51.2 Å². The number of ether oxygens (including phenoxy) is 1. The largest absolute Gasteiger partial charge is 0.497 e. The van der Waals surface area contributed by atoms with E-state index in [1.54, 1.807) is 7.11 Å². The fourth-order valence-corrected chi connectivity index (χ4v) is 2.53. The second-order valence-corrected chi connectivity index (χ2v) is 5.51. The highest BCUT2D eigenvalue weighted by atomic mass is 16.5. The first-order chi connectivity index (χ1) is 11.1. The lowest BCUT2D eigenvalue weighted by Crippen LogP contribution is -2.13. The van der Waals surface area contributed by atoms with Crippen LogP contribution in [0.2, 0.25) is 0 Å². The number of hydrogen-bond donors (Lipinski definition) is 1. The van der Waals surface area contributed by atoms with Crippen LogP contribution in [0.15, 0.2) is 48.5 Å². The van der Waals surface area contributed by atoms with E-state index in [9.17, 15) is 4.79 Å². The van der Waals surface area contributed by atoms with Crippen molar-refractivity contribution in [1.29, 1.82) is 0 Å². The summed E-state index contributed by atoms with van der Waals surface area (Å²) in [7, 11) is 1.61. The van der Waals surface area contributed by atoms with Gasteiger partial charge in [-0.25, -0.2) is 0 Å². The molecule has 0 atom stereocenters. The summed E-state index contributed by atoms with van der Waals surface area (Å²) >= 11 is 0. The molecule has 0 aliphatic heterocycles. The van der Waals surface area contributed by atoms with Crippen LogP contribution in [0.3, 0.4) is 0 Å². The number of hydrogen-bond acceptors (Lipinski definition) is 3. The van der Waals surface area contributed by atoms with E-state index >= 15 is 0 Å². The highest BCUT2D eigenvalue weighted by Crippen LogP contribution is 2.22. The summed E-state index contributed by atoms with van der Waals surface area (Å²) in [5.41, 5.74) is 4.11. The smallest absolute Gasteiger partial charge is 0.256 e. The first-order valence-corrected chi connectivity index (χ1v) is 7.40. The molecule has 116 valence electrons. The minimum atomic E-state index is -0.142. The minimum absolute atomic E-state index is 0.142. The van der Waals surface area contributed by atoms with Crippen LogP contribution in [0.25, 0.3) is 10.9 Å². The van der Waals surface area contributed by atoms with Crippen LogP contribution in [-0.2, 0) is 0 Å². The van der Waals surface area contributed by atoms with Gasteiger partial charge in [0.25, 0.3) is 5.91 Å². The molecule has 4 heteroatoms. The van der Waals surface area contributed by atoms with E-state index in [0.717, 1.165) is 33.6 Å². The average Bonchev–Trinajstić information content (AvgIpc) is 2.55. The van der Waals surface area contributed by atoms with Crippen LogP contribution < -0.4 is 10.1 Å². The summed E-state index contributed by atoms with van der Waals surface area (Å²) in [4.78, 5) is 17.2. The predicted octanol–water partition coefficient (Wildman–Crippen LogP) is 4.11. The third-order valence-corrected chi connectivity index (χ3v) is 3.68. The molecule has 0 fully saturated rings. The fraction of sp³-hybridized carbons (Fsp3) is 0.158. The number of carbonyl (C=O) groups is 1. The Morgan fingerprint density at radius 3 is 2.48 bits per heavy atom. The molecule has 0 bridgehead atoms. The highest BCUT2D eigenvalue weighted by molar-refractivity contribution is 6.12. The van der Waals surface area contributed by atoms with Crippen molar-refractivity contribution in [3.05, 3.63) is 65.4 Å². The fourth-order valence-electron chi connectivity index (χ4n) is 2.53. The number of nitrogens with one attached hydrogen (secondary N) is 1. The number of fused-ring (bicyclic) bond motifs is 1. The van der Waals surface area contributed by atoms with Crippen LogP contribution in [0.1, 0.15) is 21.6 Å². The Balaban J connectivity index is 1.97. The summed E-state index contributed by atoms with van der Waals surface area (Å²) in [6.45, 7) is 3.90. The average molecular weight is 306 g/mol. The molecule has 3 aromatic rings. The molecule has 1 aromatic heterocycles. The Kier molecular flexibility index (Phi) is 3.98. The van der Waals surface area contributed by atoms with E-state index in [-0.39, 0.29) is 5.91 Å². The van der Waals surface area contributed by atoms with Gasteiger partial charge in [-0.2, -0.15) is 0 Å². The Labute approximate surface area is 135 Å². The van der Waals surface area contributed by atoms with Crippen LogP contribution in [-0.4, -0.2) is 18.0 Å². The lowest BCUT2D eigenvalue weighted by atomic mass is 10.0. The number of benzene rings is 2. The van der Waals surface area contributed by atoms with Gasteiger partial charge in [-0.05, 0) is 56.3 Å². The van der Waals surface area contributed by atoms with Crippen molar-refractivity contribution in [2.75, 3.05) is 12.4 Å². The van der Waals surface area contributed by atoms with Gasteiger partial charge in [0.1, 0.15) is 5.75 Å². The summed E-state index contributed by atoms with van der Waals surface area (Å²) in [6, 6.07) is 15.0. The van der Waals surface area contributed by atoms with Gasteiger partial charge < -0.3 is 10.1 Å². The lowest BCUT2D eigenvalue weighted by molar-refractivity contribution is 0.102. The van der Waals surface area contributed by atoms with Gasteiger partial charge in [-0.1, -0.05) is 11.6 Å². The van der Waals surface area contributed by atoms with Gasteiger partial charge in [0.15, 0.2) is 0 Å². The molecule has 1 N–H and O–H groups in total. The normalized spacial score (nSPS) is 10.6. The summed E-state index contributed by atoms with van der Waals surface area (Å²) in [6.07, 6.45) is 0. The molecular formula is C19H18N2O2. The van der Waals surface area contributed by atoms with Crippen LogP contribution in [0.4, 0.5) is 5.69 Å². The van der Waals surface area contributed by atoms with Crippen molar-refractivity contribution in [3.63, 3.8) is 0 Å². The number of methoxy groups -OCH3 is 1. The molecule has 4 nitrogen and oxygen atoms in total. The Morgan fingerprint density at radius 1 is 1.04 bits per heavy atom. The number of aromatic nitrogens is 1. The molecule has 3 rings (SSSR count). The number of aryl methyl sites for hydroxylation is 2. The third kappa shape index (κ3) is 3.16. The van der Waals surface area contributed by atoms with E-state index in [0.29, 0.717) is 5.56 Å². The number of pyridine rings is 1. The summed E-state index contributed by atoms with van der Waals surface area (Å²) < 4.78 is 5.12. The Bertz CT molecular complexity index is 870. The standard InChI is InChI=1S/C19H18N2O2/c1-12-4-9-18-16(10-12)17(11-13(2)20-18)19(22)21-14-5-7-15(23-3)8-6-14/h4-11H,1-3H3,(H,21,22). The van der Waals surface area contributed by atoms with Gasteiger partial charge in [-0.15, -0.1) is 0 Å². The van der Waals surface area contributed by atoms with Crippen molar-refractivity contribution in [2.45, 2.75) is 13.8 Å². The monoisotopic (exact) mass is 306 g/mol. The van der Waals surface area contributed by atoms with Gasteiger partial charge in [0.05, 0.1) is 18.2 Å². The molecule has 2 aromatic carbocycles. The van der Waals surface area contributed by atoms with Gasteiger partial charge in [-0.3, -0.25) is 9.78 Å². The van der Waals surface area contributed by atoms with Crippen LogP contribution >= 0.6 is 0 Å². The number of amides is 1. The van der Waals surface area contributed by atoms with E-state index in [1.165, 1.54) is 0 Å². The number of nitrogens with zero attached hydrogens (tertiary/aromatic N) is 1. The molecular weight excluding hydrogens is 288 g/mol. The van der Waals surface area contributed by atoms with Crippen molar-refractivity contribution in [2.24, 2.45) is 0 Å². The predicted molar refractivity (Wildman–Crippen MR) is 92.2 cm³/mol. The zero-order valence-corrected chi connectivity index (χ0v) is 13.4. The highest BCUT2D eigenvalue weighted by Gasteiger charge is 2.12. The van der Waals surface area contributed by atoms with Crippen LogP contribution in [0.5, 0.6) is 5.75 Å². The molecule has 0 saturated heterocycles. The third-order valence-electron chi connectivity index (χ3n) is 3.68. The van der Waals surface area contributed by atoms with Gasteiger partial charge in [0, 0.05) is 16.8 Å². The van der Waals surface area contributed by atoms with E-state index < -0.39 is 0 Å². The molecule has 0 radical (unpaired) electrons. The first kappa shape index (κ1) is 15.0. The molecule has 1 amide bonds. The Morgan fingerprint density at radius 2 is 1.78 bits per heavy atom.